The Bertz CT molecular complexity index is 189. The van der Waals surface area contributed by atoms with Crippen molar-refractivity contribution in [2.45, 2.75) is 13.3 Å². The molecule has 0 saturated carbocycles. The molecule has 0 aromatic rings. The van der Waals surface area contributed by atoms with Gasteiger partial charge in [-0.25, -0.2) is 0 Å². The second-order valence-electron chi connectivity index (χ2n) is 2.33. The zero-order valence-electron chi connectivity index (χ0n) is 6.13. The van der Waals surface area contributed by atoms with Gasteiger partial charge in [-0.2, -0.15) is 0 Å². The molecule has 0 N–H and O–H groups in total. The van der Waals surface area contributed by atoms with Gasteiger partial charge in [0.2, 0.25) is 5.91 Å². The van der Waals surface area contributed by atoms with E-state index in [4.69, 9.17) is 0 Å². The first-order chi connectivity index (χ1) is 4.80. The molecule has 10 heavy (non-hydrogen) atoms. The summed E-state index contributed by atoms with van der Waals surface area (Å²) in [6.45, 7) is 3.14. The maximum Gasteiger partial charge on any atom is 0.219 e. The Morgan fingerprint density at radius 2 is 2.40 bits per heavy atom. The van der Waals surface area contributed by atoms with Crippen LogP contribution in [0.4, 0.5) is 0 Å². The SMILES string of the molecule is CC(=O)N1CC=C=CCC1. The van der Waals surface area contributed by atoms with Gasteiger partial charge in [0, 0.05) is 20.0 Å². The van der Waals surface area contributed by atoms with Crippen molar-refractivity contribution in [1.82, 2.24) is 4.90 Å². The molecular formula is C8H11NO. The molecule has 1 aliphatic heterocycles. The van der Waals surface area contributed by atoms with Crippen LogP contribution in [0.5, 0.6) is 0 Å². The lowest BCUT2D eigenvalue weighted by Gasteiger charge is -2.16. The molecule has 0 fully saturated rings. The van der Waals surface area contributed by atoms with E-state index in [-0.39, 0.29) is 5.91 Å². The topological polar surface area (TPSA) is 20.3 Å². The molecule has 0 aromatic carbocycles. The number of hydrogen-bond acceptors (Lipinski definition) is 1. The van der Waals surface area contributed by atoms with Crippen LogP contribution in [0.15, 0.2) is 17.9 Å². The number of carbonyl (C=O) groups excluding carboxylic acids is 1. The van der Waals surface area contributed by atoms with Crippen LogP contribution in [0, 0.1) is 0 Å². The van der Waals surface area contributed by atoms with Gasteiger partial charge in [0.1, 0.15) is 0 Å². The van der Waals surface area contributed by atoms with Crippen LogP contribution < -0.4 is 0 Å². The van der Waals surface area contributed by atoms with Crippen molar-refractivity contribution in [2.75, 3.05) is 13.1 Å². The maximum absolute atomic E-state index is 10.8. The third-order valence-electron chi connectivity index (χ3n) is 1.54. The van der Waals surface area contributed by atoms with Crippen LogP contribution in [-0.2, 0) is 4.79 Å². The van der Waals surface area contributed by atoms with Gasteiger partial charge in [-0.05, 0) is 18.6 Å². The van der Waals surface area contributed by atoms with Gasteiger partial charge >= 0.3 is 0 Å². The van der Waals surface area contributed by atoms with E-state index >= 15 is 0 Å². The highest BCUT2D eigenvalue weighted by Gasteiger charge is 2.05. The van der Waals surface area contributed by atoms with Crippen LogP contribution in [0.2, 0.25) is 0 Å². The lowest BCUT2D eigenvalue weighted by molar-refractivity contribution is -0.128. The predicted molar refractivity (Wildman–Crippen MR) is 39.5 cm³/mol. The molecule has 1 rings (SSSR count). The third kappa shape index (κ3) is 1.74. The van der Waals surface area contributed by atoms with E-state index in [9.17, 15) is 4.79 Å². The lowest BCUT2D eigenvalue weighted by Crippen LogP contribution is -2.28. The molecule has 0 radical (unpaired) electrons. The minimum absolute atomic E-state index is 0.147. The van der Waals surface area contributed by atoms with E-state index in [0.717, 1.165) is 13.0 Å². The van der Waals surface area contributed by atoms with E-state index in [2.05, 4.69) is 5.73 Å². The minimum Gasteiger partial charge on any atom is -0.338 e. The number of rotatable bonds is 0. The largest absolute Gasteiger partial charge is 0.338 e. The fraction of sp³-hybridized carbons (Fsp3) is 0.500. The molecule has 0 aliphatic carbocycles. The molecule has 0 saturated heterocycles. The van der Waals surface area contributed by atoms with Crippen molar-refractivity contribution >= 4 is 5.91 Å². The smallest absolute Gasteiger partial charge is 0.219 e. The first-order valence-corrected chi connectivity index (χ1v) is 3.45. The van der Waals surface area contributed by atoms with Crippen molar-refractivity contribution < 1.29 is 4.79 Å². The molecule has 1 amide bonds. The van der Waals surface area contributed by atoms with Crippen molar-refractivity contribution in [3.8, 4) is 0 Å². The highest BCUT2D eigenvalue weighted by molar-refractivity contribution is 5.73. The van der Waals surface area contributed by atoms with Gasteiger partial charge in [0.05, 0.1) is 0 Å². The minimum atomic E-state index is 0.147. The predicted octanol–water partition coefficient (Wildman–Crippen LogP) is 0.950. The van der Waals surface area contributed by atoms with Crippen LogP contribution >= 0.6 is 0 Å². The summed E-state index contributed by atoms with van der Waals surface area (Å²) in [5.74, 6) is 0.147. The second-order valence-corrected chi connectivity index (χ2v) is 2.33. The highest BCUT2D eigenvalue weighted by Crippen LogP contribution is 1.96. The lowest BCUT2D eigenvalue weighted by atomic mass is 10.4. The molecular weight excluding hydrogens is 126 g/mol. The Morgan fingerprint density at radius 1 is 1.60 bits per heavy atom. The quantitative estimate of drug-likeness (QED) is 0.455. The zero-order valence-corrected chi connectivity index (χ0v) is 6.13. The van der Waals surface area contributed by atoms with Gasteiger partial charge < -0.3 is 4.90 Å². The maximum atomic E-state index is 10.8. The molecule has 0 spiro atoms. The molecule has 54 valence electrons. The van der Waals surface area contributed by atoms with Crippen molar-refractivity contribution in [2.24, 2.45) is 0 Å². The van der Waals surface area contributed by atoms with Crippen molar-refractivity contribution in [1.29, 1.82) is 0 Å². The second kappa shape index (κ2) is 3.23. The van der Waals surface area contributed by atoms with E-state index in [1.165, 1.54) is 0 Å². The Hall–Kier alpha value is -1.01. The van der Waals surface area contributed by atoms with Gasteiger partial charge in [0.15, 0.2) is 0 Å². The summed E-state index contributed by atoms with van der Waals surface area (Å²) in [5, 5.41) is 0. The van der Waals surface area contributed by atoms with E-state index in [0.29, 0.717) is 6.54 Å². The standard InChI is InChI=1S/C8H11NO/c1-8(10)9-6-4-2-3-5-7-9/h2,5H,4,6-7H2,1H3. The van der Waals surface area contributed by atoms with E-state index < -0.39 is 0 Å². The summed E-state index contributed by atoms with van der Waals surface area (Å²) in [6.07, 6.45) is 4.77. The first-order valence-electron chi connectivity index (χ1n) is 3.45. The molecule has 1 heterocycles. The molecule has 1 aliphatic rings. The Labute approximate surface area is 60.8 Å². The Balaban J connectivity index is 2.51. The van der Waals surface area contributed by atoms with Gasteiger partial charge in [0.25, 0.3) is 0 Å². The summed E-state index contributed by atoms with van der Waals surface area (Å²) in [4.78, 5) is 12.6. The zero-order chi connectivity index (χ0) is 7.40. The summed E-state index contributed by atoms with van der Waals surface area (Å²) >= 11 is 0. The average molecular weight is 137 g/mol. The van der Waals surface area contributed by atoms with Gasteiger partial charge in [-0.15, -0.1) is 5.73 Å². The summed E-state index contributed by atoms with van der Waals surface area (Å²) in [5.41, 5.74) is 2.99. The van der Waals surface area contributed by atoms with Gasteiger partial charge in [-0.1, -0.05) is 0 Å². The van der Waals surface area contributed by atoms with Crippen LogP contribution in [-0.4, -0.2) is 23.9 Å². The number of hydrogen-bond donors (Lipinski definition) is 0. The molecule has 2 nitrogen and oxygen atoms in total. The molecule has 0 aromatic heterocycles. The Kier molecular flexibility index (Phi) is 2.30. The molecule has 0 bridgehead atoms. The van der Waals surface area contributed by atoms with Crippen molar-refractivity contribution in [3.63, 3.8) is 0 Å². The van der Waals surface area contributed by atoms with Crippen LogP contribution in [0.1, 0.15) is 13.3 Å². The summed E-state index contributed by atoms with van der Waals surface area (Å²) < 4.78 is 0. The molecule has 2 heteroatoms. The average Bonchev–Trinajstić information content (AvgIpc) is 2.12. The van der Waals surface area contributed by atoms with Gasteiger partial charge in [-0.3, -0.25) is 4.79 Å². The third-order valence-corrected chi connectivity index (χ3v) is 1.54. The van der Waals surface area contributed by atoms with Crippen LogP contribution in [0.25, 0.3) is 0 Å². The molecule has 0 atom stereocenters. The number of carbonyl (C=O) groups is 1. The van der Waals surface area contributed by atoms with Crippen LogP contribution in [0.3, 0.4) is 0 Å². The number of nitrogens with zero attached hydrogens (tertiary/aromatic N) is 1. The monoisotopic (exact) mass is 137 g/mol. The van der Waals surface area contributed by atoms with E-state index in [1.54, 1.807) is 11.8 Å². The highest BCUT2D eigenvalue weighted by atomic mass is 16.2. The molecule has 0 unspecified atom stereocenters. The first kappa shape index (κ1) is 7.10. The summed E-state index contributed by atoms with van der Waals surface area (Å²) in [6, 6.07) is 0. The summed E-state index contributed by atoms with van der Waals surface area (Å²) in [7, 11) is 0. The normalized spacial score (nSPS) is 17.1. The fourth-order valence-electron chi connectivity index (χ4n) is 0.927. The van der Waals surface area contributed by atoms with Crippen molar-refractivity contribution in [3.05, 3.63) is 17.9 Å². The fourth-order valence-corrected chi connectivity index (χ4v) is 0.927. The Morgan fingerprint density at radius 3 is 3.10 bits per heavy atom. The van der Waals surface area contributed by atoms with E-state index in [1.807, 2.05) is 12.2 Å². The number of amides is 1.